The number of hydrogen-bond acceptors (Lipinski definition) is 7. The third-order valence-electron chi connectivity index (χ3n) is 5.97. The van der Waals surface area contributed by atoms with Gasteiger partial charge in [0, 0.05) is 31.6 Å². The van der Waals surface area contributed by atoms with Crippen molar-refractivity contribution in [2.24, 2.45) is 0 Å². The van der Waals surface area contributed by atoms with Crippen LogP contribution in [0.25, 0.3) is 0 Å². The normalized spacial score (nSPS) is 19.3. The second-order valence-electron chi connectivity index (χ2n) is 8.94. The Balaban J connectivity index is 1.63. The number of rotatable bonds is 12. The Morgan fingerprint density at radius 2 is 1.76 bits per heavy atom. The Bertz CT molecular complexity index is 1010. The quantitative estimate of drug-likeness (QED) is 0.297. The average Bonchev–Trinajstić information content (AvgIpc) is 2.91. The zero-order chi connectivity index (χ0) is 26.6. The van der Waals surface area contributed by atoms with Crippen LogP contribution in [-0.2, 0) is 32.2 Å². The summed E-state index contributed by atoms with van der Waals surface area (Å²) < 4.78 is 17.5. The number of carbonyl (C=O) groups excluding carboxylic acids is 2. The average molecular weight is 512 g/mol. The molecule has 0 saturated carbocycles. The second kappa shape index (κ2) is 14.5. The number of aliphatic hydroxyl groups is 1. The van der Waals surface area contributed by atoms with Gasteiger partial charge >= 0.3 is 12.0 Å². The van der Waals surface area contributed by atoms with Crippen LogP contribution < -0.4 is 10.6 Å². The van der Waals surface area contributed by atoms with Gasteiger partial charge in [-0.05, 0) is 30.7 Å². The van der Waals surface area contributed by atoms with E-state index < -0.39 is 18.3 Å². The van der Waals surface area contributed by atoms with Crippen molar-refractivity contribution in [2.75, 3.05) is 33.3 Å². The summed E-state index contributed by atoms with van der Waals surface area (Å²) in [5.74, 6) is -0.480. The van der Waals surface area contributed by atoms with Crippen LogP contribution in [0.5, 0.6) is 0 Å². The van der Waals surface area contributed by atoms with E-state index in [4.69, 9.17) is 14.2 Å². The van der Waals surface area contributed by atoms with Crippen LogP contribution in [0.4, 0.5) is 4.79 Å². The Morgan fingerprint density at radius 1 is 1.08 bits per heavy atom. The van der Waals surface area contributed by atoms with Crippen LogP contribution in [0.3, 0.4) is 0 Å². The van der Waals surface area contributed by atoms with Crippen LogP contribution >= 0.6 is 0 Å². The van der Waals surface area contributed by atoms with Crippen LogP contribution in [0.15, 0.2) is 61.2 Å². The van der Waals surface area contributed by atoms with E-state index in [0.29, 0.717) is 13.0 Å². The van der Waals surface area contributed by atoms with Crippen LogP contribution in [0.1, 0.15) is 48.0 Å². The van der Waals surface area contributed by atoms with Crippen LogP contribution in [-0.4, -0.2) is 61.4 Å². The van der Waals surface area contributed by atoms with E-state index in [1.807, 2.05) is 61.7 Å². The summed E-state index contributed by atoms with van der Waals surface area (Å²) >= 11 is 0. The zero-order valence-electron chi connectivity index (χ0n) is 21.5. The summed E-state index contributed by atoms with van der Waals surface area (Å²) in [7, 11) is 2.03. The van der Waals surface area contributed by atoms with E-state index in [9.17, 15) is 14.7 Å². The van der Waals surface area contributed by atoms with Crippen molar-refractivity contribution in [3.8, 4) is 0 Å². The lowest BCUT2D eigenvalue weighted by molar-refractivity contribution is -0.252. The van der Waals surface area contributed by atoms with Gasteiger partial charge in [-0.2, -0.15) is 0 Å². The summed E-state index contributed by atoms with van der Waals surface area (Å²) in [6, 6.07) is 15.0. The van der Waals surface area contributed by atoms with Gasteiger partial charge in [0.2, 0.25) is 0 Å². The van der Waals surface area contributed by atoms with Crippen LogP contribution in [0.2, 0.25) is 0 Å². The van der Waals surface area contributed by atoms with E-state index in [1.165, 1.54) is 0 Å². The largest absolute Gasteiger partial charge is 0.465 e. The van der Waals surface area contributed by atoms with Crippen molar-refractivity contribution >= 4 is 12.0 Å². The highest BCUT2D eigenvalue weighted by molar-refractivity contribution is 5.80. The molecule has 9 heteroatoms. The minimum atomic E-state index is -0.548. The molecule has 3 N–H and O–H groups in total. The van der Waals surface area contributed by atoms with Crippen molar-refractivity contribution in [3.05, 3.63) is 83.4 Å². The van der Waals surface area contributed by atoms with Crippen molar-refractivity contribution in [2.45, 2.75) is 45.0 Å². The van der Waals surface area contributed by atoms with Gasteiger partial charge in [-0.1, -0.05) is 54.6 Å². The lowest BCUT2D eigenvalue weighted by atomic mass is 9.99. The molecule has 1 saturated heterocycles. The molecule has 2 aromatic rings. The standard InChI is InChI=1S/C28H37N3O6/c1-4-14-31(3)18-24-15-25(22-10-8-21(19-32)9-11-22)37-27(36-24)23-12-6-20(7-13-23)16-29-28(34)30-17-26(33)35-5-2/h4,6-13,24-25,27,32H,1,5,14-19H2,2-3H3,(H2,29,30,34)/t24-,25+,27+/m1/s1. The first-order valence-corrected chi connectivity index (χ1v) is 12.5. The first-order valence-electron chi connectivity index (χ1n) is 12.5. The topological polar surface area (TPSA) is 109 Å². The molecule has 0 spiro atoms. The van der Waals surface area contributed by atoms with Gasteiger partial charge < -0.3 is 34.9 Å². The van der Waals surface area contributed by atoms with Gasteiger partial charge in [0.25, 0.3) is 0 Å². The molecule has 9 nitrogen and oxygen atoms in total. The van der Waals surface area contributed by atoms with Crippen molar-refractivity contribution in [3.63, 3.8) is 0 Å². The number of ether oxygens (including phenoxy) is 3. The Labute approximate surface area is 218 Å². The number of benzene rings is 2. The lowest BCUT2D eigenvalue weighted by Crippen LogP contribution is -2.38. The number of hydrogen-bond donors (Lipinski definition) is 3. The highest BCUT2D eigenvalue weighted by Gasteiger charge is 2.32. The fourth-order valence-corrected chi connectivity index (χ4v) is 4.08. The Kier molecular flexibility index (Phi) is 11.1. The highest BCUT2D eigenvalue weighted by atomic mass is 16.7. The van der Waals surface area contributed by atoms with Crippen molar-refractivity contribution < 1.29 is 28.9 Å². The van der Waals surface area contributed by atoms with E-state index >= 15 is 0 Å². The second-order valence-corrected chi connectivity index (χ2v) is 8.94. The molecule has 2 amide bonds. The predicted molar refractivity (Wildman–Crippen MR) is 139 cm³/mol. The molecule has 200 valence electrons. The molecule has 0 bridgehead atoms. The summed E-state index contributed by atoms with van der Waals surface area (Å²) in [6.45, 7) is 7.42. The molecular weight excluding hydrogens is 474 g/mol. The third kappa shape index (κ3) is 8.98. The van der Waals surface area contributed by atoms with Gasteiger partial charge in [0.05, 0.1) is 25.4 Å². The Morgan fingerprint density at radius 3 is 2.41 bits per heavy atom. The Hall–Kier alpha value is -3.24. The molecular formula is C28H37N3O6. The summed E-state index contributed by atoms with van der Waals surface area (Å²) in [6.07, 6.45) is 1.83. The summed E-state index contributed by atoms with van der Waals surface area (Å²) in [4.78, 5) is 25.4. The molecule has 1 aliphatic heterocycles. The van der Waals surface area contributed by atoms with E-state index in [2.05, 4.69) is 22.1 Å². The molecule has 1 aliphatic rings. The van der Waals surface area contributed by atoms with Gasteiger partial charge in [-0.3, -0.25) is 4.79 Å². The number of amides is 2. The maximum atomic E-state index is 11.9. The molecule has 37 heavy (non-hydrogen) atoms. The maximum Gasteiger partial charge on any atom is 0.325 e. The molecule has 0 unspecified atom stereocenters. The SMILES string of the molecule is C=CCN(C)C[C@H]1C[C@@H](c2ccc(CO)cc2)O[C@@H](c2ccc(CNC(=O)NCC(=O)OCC)cc2)O1. The zero-order valence-corrected chi connectivity index (χ0v) is 21.5. The number of aliphatic hydroxyl groups excluding tert-OH is 1. The smallest absolute Gasteiger partial charge is 0.325 e. The number of likely N-dealkylation sites (N-methyl/N-ethyl adjacent to an activating group) is 1. The van der Waals surface area contributed by atoms with Gasteiger partial charge in [0.15, 0.2) is 6.29 Å². The first kappa shape index (κ1) is 28.3. The third-order valence-corrected chi connectivity index (χ3v) is 5.97. The minimum absolute atomic E-state index is 0.000769. The minimum Gasteiger partial charge on any atom is -0.465 e. The molecule has 0 radical (unpaired) electrons. The molecule has 0 aliphatic carbocycles. The predicted octanol–water partition coefficient (Wildman–Crippen LogP) is 3.20. The molecule has 2 aromatic carbocycles. The number of nitrogens with zero attached hydrogens (tertiary/aromatic N) is 1. The highest BCUT2D eigenvalue weighted by Crippen LogP contribution is 2.38. The van der Waals surface area contributed by atoms with Crippen molar-refractivity contribution in [1.29, 1.82) is 0 Å². The van der Waals surface area contributed by atoms with Gasteiger partial charge in [-0.15, -0.1) is 6.58 Å². The monoisotopic (exact) mass is 511 g/mol. The van der Waals surface area contributed by atoms with Gasteiger partial charge in [-0.25, -0.2) is 4.79 Å². The fourth-order valence-electron chi connectivity index (χ4n) is 4.08. The molecule has 1 heterocycles. The van der Waals surface area contributed by atoms with E-state index in [0.717, 1.165) is 35.3 Å². The lowest BCUT2D eigenvalue weighted by Gasteiger charge is -2.37. The van der Waals surface area contributed by atoms with Crippen molar-refractivity contribution in [1.82, 2.24) is 15.5 Å². The van der Waals surface area contributed by atoms with Gasteiger partial charge in [0.1, 0.15) is 6.54 Å². The molecule has 0 aromatic heterocycles. The molecule has 3 atom stereocenters. The summed E-state index contributed by atoms with van der Waals surface area (Å²) in [5.41, 5.74) is 3.66. The molecule has 1 fully saturated rings. The number of esters is 1. The maximum absolute atomic E-state index is 11.9. The molecule has 3 rings (SSSR count). The number of urea groups is 1. The number of nitrogens with one attached hydrogen (secondary N) is 2. The summed E-state index contributed by atoms with van der Waals surface area (Å²) in [5, 5.41) is 14.6. The fraction of sp³-hybridized carbons (Fsp3) is 0.429. The van der Waals surface area contributed by atoms with Crippen LogP contribution in [0, 0.1) is 0 Å². The number of carbonyl (C=O) groups is 2. The van der Waals surface area contributed by atoms with E-state index in [-0.39, 0.29) is 32.0 Å². The first-order chi connectivity index (χ1) is 17.9. The van der Waals surface area contributed by atoms with E-state index in [1.54, 1.807) is 6.92 Å².